The Morgan fingerprint density at radius 2 is 2.19 bits per heavy atom. The maximum Gasteiger partial charge on any atom is 0.335 e. The quantitative estimate of drug-likeness (QED) is 0.762. The smallest absolute Gasteiger partial charge is 0.335 e. The van der Waals surface area contributed by atoms with Crippen LogP contribution < -0.4 is 11.1 Å². The van der Waals surface area contributed by atoms with Crippen LogP contribution in [0.15, 0.2) is 23.2 Å². The summed E-state index contributed by atoms with van der Waals surface area (Å²) >= 11 is 1.05. The van der Waals surface area contributed by atoms with E-state index in [-0.39, 0.29) is 17.2 Å². The molecule has 1 unspecified atom stereocenters. The number of carbonyl (C=O) groups is 3. The molecule has 1 aromatic rings. The normalized spacial score (nSPS) is 17.5. The van der Waals surface area contributed by atoms with Crippen molar-refractivity contribution in [1.82, 2.24) is 0 Å². The third kappa shape index (κ3) is 3.60. The highest BCUT2D eigenvalue weighted by Gasteiger charge is 2.29. The van der Waals surface area contributed by atoms with Crippen molar-refractivity contribution in [2.24, 2.45) is 10.7 Å². The lowest BCUT2D eigenvalue weighted by atomic mass is 10.1. The second-order valence-electron chi connectivity index (χ2n) is 4.48. The molecule has 1 aliphatic heterocycles. The van der Waals surface area contributed by atoms with Crippen LogP contribution in [0.25, 0.3) is 0 Å². The van der Waals surface area contributed by atoms with E-state index >= 15 is 0 Å². The number of thioether (sulfide) groups is 1. The number of amides is 2. The average Bonchev–Trinajstić information content (AvgIpc) is 2.70. The summed E-state index contributed by atoms with van der Waals surface area (Å²) < 4.78 is 0. The minimum Gasteiger partial charge on any atom is -0.478 e. The van der Waals surface area contributed by atoms with Crippen LogP contribution >= 0.6 is 11.8 Å². The van der Waals surface area contributed by atoms with Crippen molar-refractivity contribution < 1.29 is 19.5 Å². The first-order valence-electron chi connectivity index (χ1n) is 6.05. The van der Waals surface area contributed by atoms with Crippen LogP contribution in [0.2, 0.25) is 0 Å². The van der Waals surface area contributed by atoms with Crippen molar-refractivity contribution in [2.45, 2.75) is 18.6 Å². The van der Waals surface area contributed by atoms with Gasteiger partial charge in [0.05, 0.1) is 5.56 Å². The van der Waals surface area contributed by atoms with Crippen LogP contribution in [0.1, 0.15) is 22.3 Å². The van der Waals surface area contributed by atoms with Crippen molar-refractivity contribution in [3.63, 3.8) is 0 Å². The van der Waals surface area contributed by atoms with Gasteiger partial charge in [0.25, 0.3) is 5.91 Å². The molecule has 0 saturated carbocycles. The molecule has 1 aromatic carbocycles. The number of hydrogen-bond donors (Lipinski definition) is 3. The molecule has 0 aliphatic carbocycles. The van der Waals surface area contributed by atoms with Crippen LogP contribution in [-0.4, -0.2) is 33.3 Å². The number of amidine groups is 1. The Bertz CT molecular complexity index is 657. The Morgan fingerprint density at radius 3 is 2.76 bits per heavy atom. The lowest BCUT2D eigenvalue weighted by Crippen LogP contribution is -2.22. The van der Waals surface area contributed by atoms with Gasteiger partial charge in [0.2, 0.25) is 5.91 Å². The molecule has 0 spiro atoms. The first kappa shape index (κ1) is 15.0. The van der Waals surface area contributed by atoms with Gasteiger partial charge in [-0.1, -0.05) is 17.8 Å². The molecular weight excluding hydrogens is 294 g/mol. The van der Waals surface area contributed by atoms with Gasteiger partial charge < -0.3 is 16.2 Å². The zero-order valence-electron chi connectivity index (χ0n) is 11.1. The van der Waals surface area contributed by atoms with Crippen molar-refractivity contribution in [2.75, 3.05) is 5.32 Å². The molecule has 21 heavy (non-hydrogen) atoms. The van der Waals surface area contributed by atoms with E-state index in [0.29, 0.717) is 5.69 Å². The highest BCUT2D eigenvalue weighted by atomic mass is 32.2. The largest absolute Gasteiger partial charge is 0.478 e. The van der Waals surface area contributed by atoms with Crippen LogP contribution in [0.5, 0.6) is 0 Å². The zero-order chi connectivity index (χ0) is 15.6. The Labute approximate surface area is 124 Å². The molecule has 0 aromatic heterocycles. The fraction of sp³-hybridized carbons (Fsp3) is 0.231. The molecule has 1 atom stereocenters. The second-order valence-corrected chi connectivity index (χ2v) is 5.70. The third-order valence-corrected chi connectivity index (χ3v) is 3.87. The summed E-state index contributed by atoms with van der Waals surface area (Å²) in [7, 11) is 0. The lowest BCUT2D eigenvalue weighted by molar-refractivity contribution is -0.121. The Balaban J connectivity index is 2.05. The maximum atomic E-state index is 11.9. The monoisotopic (exact) mass is 307 g/mol. The van der Waals surface area contributed by atoms with E-state index in [1.807, 2.05) is 0 Å². The summed E-state index contributed by atoms with van der Waals surface area (Å²) in [5.74, 6) is -1.90. The summed E-state index contributed by atoms with van der Waals surface area (Å²) in [6.45, 7) is 1.75. The molecule has 4 N–H and O–H groups in total. The van der Waals surface area contributed by atoms with Crippen molar-refractivity contribution in [3.05, 3.63) is 29.3 Å². The highest BCUT2D eigenvalue weighted by Crippen LogP contribution is 2.24. The molecule has 0 radical (unpaired) electrons. The van der Waals surface area contributed by atoms with Gasteiger partial charge in [-0.05, 0) is 24.6 Å². The number of nitrogens with one attached hydrogen (secondary N) is 1. The number of anilines is 1. The summed E-state index contributed by atoms with van der Waals surface area (Å²) in [5, 5.41) is 11.1. The van der Waals surface area contributed by atoms with Crippen molar-refractivity contribution in [1.29, 1.82) is 0 Å². The van der Waals surface area contributed by atoms with Gasteiger partial charge in [-0.2, -0.15) is 4.99 Å². The molecular formula is C13H13N3O4S. The summed E-state index contributed by atoms with van der Waals surface area (Å²) in [5.41, 5.74) is 6.63. The number of carboxylic acids is 1. The van der Waals surface area contributed by atoms with E-state index in [1.54, 1.807) is 13.0 Å². The summed E-state index contributed by atoms with van der Waals surface area (Å²) in [4.78, 5) is 37.8. The Morgan fingerprint density at radius 1 is 1.48 bits per heavy atom. The number of benzene rings is 1. The number of hydrogen-bond acceptors (Lipinski definition) is 5. The Kier molecular flexibility index (Phi) is 4.27. The SMILES string of the molecule is Cc1ccc(C(=O)O)cc1NC(=O)CC1SC(N)=NC1=O. The zero-order valence-corrected chi connectivity index (χ0v) is 11.9. The number of aliphatic imine (C=N–C) groups is 1. The van der Waals surface area contributed by atoms with Crippen molar-refractivity contribution >= 4 is 40.4 Å². The predicted molar refractivity (Wildman–Crippen MR) is 79.4 cm³/mol. The van der Waals surface area contributed by atoms with E-state index in [9.17, 15) is 14.4 Å². The number of aromatic carboxylic acids is 1. The van der Waals surface area contributed by atoms with Crippen LogP contribution in [-0.2, 0) is 9.59 Å². The molecule has 0 saturated heterocycles. The van der Waals surface area contributed by atoms with E-state index in [2.05, 4.69) is 10.3 Å². The van der Waals surface area contributed by atoms with Gasteiger partial charge in [0, 0.05) is 12.1 Å². The molecule has 1 heterocycles. The molecule has 0 fully saturated rings. The fourth-order valence-corrected chi connectivity index (χ4v) is 2.61. The first-order chi connectivity index (χ1) is 9.86. The molecule has 7 nitrogen and oxygen atoms in total. The number of aryl methyl sites for hydroxylation is 1. The third-order valence-electron chi connectivity index (χ3n) is 2.89. The molecule has 2 rings (SSSR count). The topological polar surface area (TPSA) is 122 Å². The minimum atomic E-state index is -1.08. The van der Waals surface area contributed by atoms with Gasteiger partial charge in [0.15, 0.2) is 5.17 Å². The standard InChI is InChI=1S/C13H13N3O4S/c1-6-2-3-7(12(19)20)4-8(6)15-10(17)5-9-11(18)16-13(14)21-9/h2-4,9H,5H2,1H3,(H,15,17)(H,19,20)(H2,14,16,18). The average molecular weight is 307 g/mol. The van der Waals surface area contributed by atoms with Crippen LogP contribution in [0.4, 0.5) is 5.69 Å². The molecule has 110 valence electrons. The van der Waals surface area contributed by atoms with Crippen molar-refractivity contribution in [3.8, 4) is 0 Å². The fourth-order valence-electron chi connectivity index (χ4n) is 1.79. The summed E-state index contributed by atoms with van der Waals surface area (Å²) in [6, 6.07) is 4.44. The number of carboxylic acid groups (broad SMARTS) is 1. The van der Waals surface area contributed by atoms with E-state index in [0.717, 1.165) is 17.3 Å². The number of nitrogens with zero attached hydrogens (tertiary/aromatic N) is 1. The van der Waals surface area contributed by atoms with E-state index in [4.69, 9.17) is 10.8 Å². The molecule has 8 heteroatoms. The second kappa shape index (κ2) is 5.96. The van der Waals surface area contributed by atoms with E-state index in [1.165, 1.54) is 12.1 Å². The summed E-state index contributed by atoms with van der Waals surface area (Å²) in [6.07, 6.45) is -0.0650. The predicted octanol–water partition coefficient (Wildman–Crippen LogP) is 0.979. The molecule has 1 aliphatic rings. The maximum absolute atomic E-state index is 11.9. The van der Waals surface area contributed by atoms with Gasteiger partial charge in [-0.25, -0.2) is 4.79 Å². The number of nitrogens with two attached hydrogens (primary N) is 1. The highest BCUT2D eigenvalue weighted by molar-refractivity contribution is 8.15. The lowest BCUT2D eigenvalue weighted by Gasteiger charge is -2.11. The van der Waals surface area contributed by atoms with Gasteiger partial charge in [-0.3, -0.25) is 9.59 Å². The first-order valence-corrected chi connectivity index (χ1v) is 6.93. The molecule has 0 bridgehead atoms. The van der Waals surface area contributed by atoms with Crippen LogP contribution in [0.3, 0.4) is 0 Å². The number of carbonyl (C=O) groups excluding carboxylic acids is 2. The van der Waals surface area contributed by atoms with Gasteiger partial charge in [0.1, 0.15) is 5.25 Å². The minimum absolute atomic E-state index is 0.0650. The molecule has 2 amide bonds. The van der Waals surface area contributed by atoms with Gasteiger partial charge >= 0.3 is 5.97 Å². The number of rotatable bonds is 4. The van der Waals surface area contributed by atoms with Crippen LogP contribution in [0, 0.1) is 6.92 Å². The Hall–Kier alpha value is -2.35. The van der Waals surface area contributed by atoms with Gasteiger partial charge in [-0.15, -0.1) is 0 Å². The van der Waals surface area contributed by atoms with E-state index < -0.39 is 23.0 Å².